The molecule has 0 radical (unpaired) electrons. The van der Waals surface area contributed by atoms with E-state index in [0.717, 1.165) is 18.5 Å². The Kier molecular flexibility index (Phi) is 5.79. The summed E-state index contributed by atoms with van der Waals surface area (Å²) in [6.07, 6.45) is 6.62. The first-order valence-corrected chi connectivity index (χ1v) is 11.0. The van der Waals surface area contributed by atoms with E-state index < -0.39 is 0 Å². The maximum absolute atomic E-state index is 13.5. The molecule has 1 fully saturated rings. The summed E-state index contributed by atoms with van der Waals surface area (Å²) in [4.78, 5) is 28.3. The molecule has 5 rings (SSSR count). The number of hydrogen-bond acceptors (Lipinski definition) is 7. The minimum Gasteiger partial charge on any atom is -0.441 e. The van der Waals surface area contributed by atoms with Crippen molar-refractivity contribution in [2.75, 3.05) is 5.32 Å². The van der Waals surface area contributed by atoms with Gasteiger partial charge in [0, 0.05) is 31.0 Å². The van der Waals surface area contributed by atoms with E-state index in [1.165, 1.54) is 24.7 Å². The predicted octanol–water partition coefficient (Wildman–Crippen LogP) is 3.73. The molecule has 174 valence electrons. The first-order valence-electron chi connectivity index (χ1n) is 11.0. The van der Waals surface area contributed by atoms with Gasteiger partial charge in [0.05, 0.1) is 18.8 Å². The summed E-state index contributed by atoms with van der Waals surface area (Å²) in [6, 6.07) is 8.08. The van der Waals surface area contributed by atoms with E-state index in [1.54, 1.807) is 23.0 Å². The molecule has 1 aromatic carbocycles. The molecule has 0 atom stereocenters. The van der Waals surface area contributed by atoms with Crippen molar-refractivity contribution in [3.05, 3.63) is 77.6 Å². The summed E-state index contributed by atoms with van der Waals surface area (Å²) in [6.45, 7) is 2.59. The topological polar surface area (TPSA) is 102 Å². The Balaban J connectivity index is 1.34. The normalized spacial score (nSPS) is 13.1. The molecular weight excluding hydrogens is 437 g/mol. The van der Waals surface area contributed by atoms with E-state index in [2.05, 4.69) is 25.4 Å². The van der Waals surface area contributed by atoms with Crippen molar-refractivity contribution in [2.45, 2.75) is 38.9 Å². The Labute approximate surface area is 195 Å². The van der Waals surface area contributed by atoms with Gasteiger partial charge in [-0.1, -0.05) is 0 Å². The number of halogens is 1. The van der Waals surface area contributed by atoms with Crippen LogP contribution in [0.15, 0.2) is 53.5 Å². The SMILES string of the molecule is Cc1oc(-c2ccc(F)cc2)nc1CNc1ncncc1C(=O)N(Cc1ccnn1C)C1CC1. The number of oxazole rings is 1. The molecular formula is C24H24FN7O2. The number of carbonyl (C=O) groups is 1. The smallest absolute Gasteiger partial charge is 0.259 e. The second-order valence-corrected chi connectivity index (χ2v) is 8.28. The highest BCUT2D eigenvalue weighted by Crippen LogP contribution is 2.31. The Hall–Kier alpha value is -4.08. The summed E-state index contributed by atoms with van der Waals surface area (Å²) < 4.78 is 20.8. The molecule has 0 saturated heterocycles. The fourth-order valence-electron chi connectivity index (χ4n) is 3.74. The zero-order valence-electron chi connectivity index (χ0n) is 18.9. The highest BCUT2D eigenvalue weighted by atomic mass is 19.1. The van der Waals surface area contributed by atoms with E-state index in [4.69, 9.17) is 4.42 Å². The molecule has 3 heterocycles. The number of rotatable bonds is 8. The minimum atomic E-state index is -0.321. The van der Waals surface area contributed by atoms with E-state index in [0.29, 0.717) is 47.4 Å². The monoisotopic (exact) mass is 461 g/mol. The molecule has 0 aliphatic heterocycles. The molecule has 0 unspecified atom stereocenters. The van der Waals surface area contributed by atoms with Crippen molar-refractivity contribution in [3.8, 4) is 11.5 Å². The van der Waals surface area contributed by atoms with E-state index in [1.807, 2.05) is 24.9 Å². The van der Waals surface area contributed by atoms with Crippen molar-refractivity contribution >= 4 is 11.7 Å². The Bertz CT molecular complexity index is 1310. The van der Waals surface area contributed by atoms with Crippen LogP contribution in [0.3, 0.4) is 0 Å². The first-order chi connectivity index (χ1) is 16.5. The molecule has 0 spiro atoms. The highest BCUT2D eigenvalue weighted by molar-refractivity contribution is 5.98. The van der Waals surface area contributed by atoms with Gasteiger partial charge in [-0.15, -0.1) is 0 Å². The van der Waals surface area contributed by atoms with Crippen molar-refractivity contribution < 1.29 is 13.6 Å². The van der Waals surface area contributed by atoms with Crippen molar-refractivity contribution in [1.29, 1.82) is 0 Å². The summed E-state index contributed by atoms with van der Waals surface area (Å²) in [5.41, 5.74) is 2.71. The minimum absolute atomic E-state index is 0.129. The molecule has 1 aliphatic carbocycles. The van der Waals surface area contributed by atoms with Gasteiger partial charge in [0.1, 0.15) is 35.0 Å². The maximum Gasteiger partial charge on any atom is 0.259 e. The molecule has 10 heteroatoms. The standard InChI is InChI=1S/C24H24FN7O2/c1-15-21(30-23(34-15)16-3-5-17(25)6-4-16)12-27-22-20(11-26-14-28-22)24(33)32(18-7-8-18)13-19-9-10-29-31(19)2/h3-6,9-11,14,18H,7-8,12-13H2,1-2H3,(H,26,27,28). The Morgan fingerprint density at radius 1 is 1.26 bits per heavy atom. The Morgan fingerprint density at radius 3 is 2.76 bits per heavy atom. The number of amides is 1. The van der Waals surface area contributed by atoms with Gasteiger partial charge in [-0.05, 0) is 50.1 Å². The maximum atomic E-state index is 13.5. The number of nitrogens with zero attached hydrogens (tertiary/aromatic N) is 6. The average molecular weight is 462 g/mol. The second kappa shape index (κ2) is 9.05. The van der Waals surface area contributed by atoms with Crippen molar-refractivity contribution in [3.63, 3.8) is 0 Å². The molecule has 4 aromatic rings. The molecule has 3 aromatic heterocycles. The number of nitrogens with one attached hydrogen (secondary N) is 1. The molecule has 1 aliphatic rings. The third-order valence-corrected chi connectivity index (χ3v) is 5.85. The molecule has 1 saturated carbocycles. The van der Waals surface area contributed by atoms with E-state index in [9.17, 15) is 9.18 Å². The van der Waals surface area contributed by atoms with Crippen LogP contribution in [0.4, 0.5) is 10.2 Å². The van der Waals surface area contributed by atoms with E-state index >= 15 is 0 Å². The third kappa shape index (κ3) is 4.52. The molecule has 34 heavy (non-hydrogen) atoms. The highest BCUT2D eigenvalue weighted by Gasteiger charge is 2.34. The van der Waals surface area contributed by atoms with Gasteiger partial charge < -0.3 is 14.6 Å². The summed E-state index contributed by atoms with van der Waals surface area (Å²) in [7, 11) is 1.87. The summed E-state index contributed by atoms with van der Waals surface area (Å²) in [5.74, 6) is 1.02. The number of aryl methyl sites for hydroxylation is 2. The van der Waals surface area contributed by atoms with Gasteiger partial charge in [-0.2, -0.15) is 5.10 Å². The zero-order chi connectivity index (χ0) is 23.7. The van der Waals surface area contributed by atoms with E-state index in [-0.39, 0.29) is 17.8 Å². The number of aromatic nitrogens is 5. The Morgan fingerprint density at radius 2 is 2.06 bits per heavy atom. The number of benzene rings is 1. The largest absolute Gasteiger partial charge is 0.441 e. The number of carbonyl (C=O) groups excluding carboxylic acids is 1. The van der Waals surface area contributed by atoms with Crippen LogP contribution in [-0.4, -0.2) is 41.6 Å². The van der Waals surface area contributed by atoms with Gasteiger partial charge in [0.2, 0.25) is 5.89 Å². The number of hydrogen-bond donors (Lipinski definition) is 1. The average Bonchev–Trinajstić information content (AvgIpc) is 3.50. The third-order valence-electron chi connectivity index (χ3n) is 5.85. The van der Waals surface area contributed by atoms with Gasteiger partial charge in [0.15, 0.2) is 0 Å². The van der Waals surface area contributed by atoms with Gasteiger partial charge in [-0.3, -0.25) is 9.48 Å². The molecule has 1 amide bonds. The van der Waals surface area contributed by atoms with Gasteiger partial charge in [0.25, 0.3) is 5.91 Å². The zero-order valence-corrected chi connectivity index (χ0v) is 18.9. The van der Waals surface area contributed by atoms with Crippen LogP contribution in [-0.2, 0) is 20.1 Å². The predicted molar refractivity (Wildman–Crippen MR) is 122 cm³/mol. The lowest BCUT2D eigenvalue weighted by Crippen LogP contribution is -2.34. The van der Waals surface area contributed by atoms with Crippen LogP contribution >= 0.6 is 0 Å². The van der Waals surface area contributed by atoms with Crippen LogP contribution in [0, 0.1) is 12.7 Å². The van der Waals surface area contributed by atoms with Crippen LogP contribution in [0.1, 0.15) is 40.3 Å². The van der Waals surface area contributed by atoms with Crippen molar-refractivity contribution in [2.24, 2.45) is 7.05 Å². The van der Waals surface area contributed by atoms with Crippen LogP contribution in [0.25, 0.3) is 11.5 Å². The second-order valence-electron chi connectivity index (χ2n) is 8.28. The van der Waals surface area contributed by atoms with Crippen LogP contribution in [0.2, 0.25) is 0 Å². The quantitative estimate of drug-likeness (QED) is 0.427. The van der Waals surface area contributed by atoms with Crippen molar-refractivity contribution in [1.82, 2.24) is 29.6 Å². The molecule has 1 N–H and O–H groups in total. The fraction of sp³-hybridized carbons (Fsp3) is 0.292. The van der Waals surface area contributed by atoms with Crippen LogP contribution < -0.4 is 5.32 Å². The summed E-state index contributed by atoms with van der Waals surface area (Å²) >= 11 is 0. The van der Waals surface area contributed by atoms with Crippen LogP contribution in [0.5, 0.6) is 0 Å². The van der Waals surface area contributed by atoms with Gasteiger partial charge in [-0.25, -0.2) is 19.3 Å². The molecule has 9 nitrogen and oxygen atoms in total. The summed E-state index contributed by atoms with van der Waals surface area (Å²) in [5, 5.41) is 7.42. The lowest BCUT2D eigenvalue weighted by Gasteiger charge is -2.23. The number of anilines is 1. The van der Waals surface area contributed by atoms with Gasteiger partial charge >= 0.3 is 0 Å². The lowest BCUT2D eigenvalue weighted by atomic mass is 10.2. The fourth-order valence-corrected chi connectivity index (χ4v) is 3.74. The lowest BCUT2D eigenvalue weighted by molar-refractivity contribution is 0.0726. The molecule has 0 bridgehead atoms. The first kappa shape index (κ1) is 21.7.